The van der Waals surface area contributed by atoms with Gasteiger partial charge in [0, 0.05) is 5.92 Å². The minimum atomic E-state index is -0.321. The molecule has 4 nitrogen and oxygen atoms in total. The minimum absolute atomic E-state index is 0.321. The van der Waals surface area contributed by atoms with Crippen molar-refractivity contribution in [3.05, 3.63) is 39.5 Å². The molecule has 0 radical (unpaired) electrons. The summed E-state index contributed by atoms with van der Waals surface area (Å²) in [6.07, 6.45) is 3.41. The van der Waals surface area contributed by atoms with Crippen molar-refractivity contribution < 1.29 is 4.39 Å². The van der Waals surface area contributed by atoms with Gasteiger partial charge in [-0.15, -0.1) is 0 Å². The largest absolute Gasteiger partial charge is 0.317 e. The molecule has 0 unspecified atom stereocenters. The Morgan fingerprint density at radius 1 is 1.33 bits per heavy atom. The summed E-state index contributed by atoms with van der Waals surface area (Å²) < 4.78 is 16.1. The van der Waals surface area contributed by atoms with Gasteiger partial charge in [0.2, 0.25) is 0 Å². The van der Waals surface area contributed by atoms with Crippen LogP contribution in [0.5, 0.6) is 0 Å². The van der Waals surface area contributed by atoms with Crippen LogP contribution in [0.25, 0.3) is 5.82 Å². The van der Waals surface area contributed by atoms with E-state index in [1.54, 1.807) is 0 Å². The highest BCUT2D eigenvalue weighted by molar-refractivity contribution is 9.10. The van der Waals surface area contributed by atoms with Crippen molar-refractivity contribution in [2.24, 2.45) is 0 Å². The van der Waals surface area contributed by atoms with E-state index < -0.39 is 0 Å². The van der Waals surface area contributed by atoms with E-state index in [9.17, 15) is 4.39 Å². The van der Waals surface area contributed by atoms with Crippen LogP contribution < -0.4 is 5.32 Å². The van der Waals surface area contributed by atoms with Gasteiger partial charge in [-0.3, -0.25) is 0 Å². The molecule has 0 saturated carbocycles. The third kappa shape index (κ3) is 2.74. The molecule has 1 aliphatic rings. The number of aromatic nitrogens is 3. The van der Waals surface area contributed by atoms with E-state index in [4.69, 9.17) is 5.10 Å². The predicted octanol–water partition coefficient (Wildman–Crippen LogP) is 3.25. The first-order valence-electron chi connectivity index (χ1n) is 7.16. The molecule has 0 aliphatic carbocycles. The highest BCUT2D eigenvalue weighted by Gasteiger charge is 2.24. The molecule has 0 aromatic carbocycles. The summed E-state index contributed by atoms with van der Waals surface area (Å²) in [5, 5.41) is 8.12. The fourth-order valence-corrected chi connectivity index (χ4v) is 3.39. The Bertz CT molecular complexity index is 662. The zero-order valence-corrected chi connectivity index (χ0v) is 13.7. The lowest BCUT2D eigenvalue weighted by atomic mass is 9.95. The van der Waals surface area contributed by atoms with Gasteiger partial charge in [0.15, 0.2) is 5.82 Å². The maximum atomic E-state index is 13.2. The fraction of sp³-hybridized carbons (Fsp3) is 0.467. The summed E-state index contributed by atoms with van der Waals surface area (Å²) in [7, 11) is 0. The summed E-state index contributed by atoms with van der Waals surface area (Å²) in [4.78, 5) is 4.20. The van der Waals surface area contributed by atoms with Gasteiger partial charge >= 0.3 is 0 Å². The summed E-state index contributed by atoms with van der Waals surface area (Å²) >= 11 is 3.67. The number of rotatable bonds is 2. The Kier molecular flexibility index (Phi) is 4.08. The Labute approximate surface area is 131 Å². The second-order valence-corrected chi connectivity index (χ2v) is 6.31. The number of nitrogens with zero attached hydrogens (tertiary/aromatic N) is 3. The summed E-state index contributed by atoms with van der Waals surface area (Å²) in [5.74, 6) is 0.829. The molecule has 2 aromatic rings. The number of pyridine rings is 1. The van der Waals surface area contributed by atoms with E-state index in [-0.39, 0.29) is 5.82 Å². The van der Waals surface area contributed by atoms with Crippen LogP contribution in [0.1, 0.15) is 35.7 Å². The van der Waals surface area contributed by atoms with Gasteiger partial charge in [0.1, 0.15) is 5.82 Å². The molecule has 21 heavy (non-hydrogen) atoms. The predicted molar refractivity (Wildman–Crippen MR) is 83.3 cm³/mol. The van der Waals surface area contributed by atoms with Crippen LogP contribution in [0.2, 0.25) is 0 Å². The van der Waals surface area contributed by atoms with E-state index >= 15 is 0 Å². The van der Waals surface area contributed by atoms with Crippen molar-refractivity contribution in [3.8, 4) is 5.82 Å². The number of nitrogens with one attached hydrogen (secondary N) is 1. The SMILES string of the molecule is Cc1cc(F)cnc1-n1nc(C2CCNCC2)c(Br)c1C. The summed E-state index contributed by atoms with van der Waals surface area (Å²) in [6, 6.07) is 1.49. The normalized spacial score (nSPS) is 16.4. The maximum absolute atomic E-state index is 13.2. The molecule has 0 bridgehead atoms. The zero-order chi connectivity index (χ0) is 15.0. The van der Waals surface area contributed by atoms with Crippen molar-refractivity contribution in [1.82, 2.24) is 20.1 Å². The van der Waals surface area contributed by atoms with E-state index in [1.165, 1.54) is 12.3 Å². The molecule has 3 rings (SSSR count). The second-order valence-electron chi connectivity index (χ2n) is 5.51. The van der Waals surface area contributed by atoms with Gasteiger partial charge in [-0.25, -0.2) is 14.1 Å². The van der Waals surface area contributed by atoms with E-state index in [1.807, 2.05) is 18.5 Å². The van der Waals surface area contributed by atoms with Gasteiger partial charge in [-0.05, 0) is 67.3 Å². The number of hydrogen-bond acceptors (Lipinski definition) is 3. The number of halogens is 2. The number of aryl methyl sites for hydroxylation is 1. The molecule has 0 spiro atoms. The van der Waals surface area contributed by atoms with Crippen LogP contribution >= 0.6 is 15.9 Å². The molecule has 1 N–H and O–H groups in total. The van der Waals surface area contributed by atoms with Crippen LogP contribution in [0, 0.1) is 19.7 Å². The Hall–Kier alpha value is -1.27. The van der Waals surface area contributed by atoms with E-state index in [0.29, 0.717) is 11.7 Å². The first kappa shape index (κ1) is 14.7. The average molecular weight is 353 g/mol. The molecule has 3 heterocycles. The van der Waals surface area contributed by atoms with Gasteiger partial charge in [0.05, 0.1) is 22.1 Å². The van der Waals surface area contributed by atoms with Crippen LogP contribution in [-0.2, 0) is 0 Å². The lowest BCUT2D eigenvalue weighted by Gasteiger charge is -2.21. The van der Waals surface area contributed by atoms with Crippen LogP contribution in [0.15, 0.2) is 16.7 Å². The summed E-state index contributed by atoms with van der Waals surface area (Å²) in [5.41, 5.74) is 2.87. The molecule has 112 valence electrons. The van der Waals surface area contributed by atoms with Gasteiger partial charge in [-0.2, -0.15) is 5.10 Å². The van der Waals surface area contributed by atoms with Crippen molar-refractivity contribution in [3.63, 3.8) is 0 Å². The molecular weight excluding hydrogens is 335 g/mol. The van der Waals surface area contributed by atoms with Crippen molar-refractivity contribution in [2.75, 3.05) is 13.1 Å². The van der Waals surface area contributed by atoms with Crippen LogP contribution in [0.3, 0.4) is 0 Å². The lowest BCUT2D eigenvalue weighted by molar-refractivity contribution is 0.450. The Balaban J connectivity index is 2.03. The third-order valence-corrected chi connectivity index (χ3v) is 4.99. The Morgan fingerprint density at radius 3 is 2.71 bits per heavy atom. The monoisotopic (exact) mass is 352 g/mol. The van der Waals surface area contributed by atoms with Crippen molar-refractivity contribution in [1.29, 1.82) is 0 Å². The quantitative estimate of drug-likeness (QED) is 0.901. The highest BCUT2D eigenvalue weighted by atomic mass is 79.9. The van der Waals surface area contributed by atoms with Crippen molar-refractivity contribution in [2.45, 2.75) is 32.6 Å². The molecule has 1 saturated heterocycles. The van der Waals surface area contributed by atoms with E-state index in [0.717, 1.165) is 47.4 Å². The molecule has 1 aliphatic heterocycles. The van der Waals surface area contributed by atoms with Crippen LogP contribution in [0.4, 0.5) is 4.39 Å². The summed E-state index contributed by atoms with van der Waals surface area (Å²) in [6.45, 7) is 5.91. The standard InChI is InChI=1S/C15H18BrFN4/c1-9-7-12(17)8-19-15(9)21-10(2)13(16)14(20-21)11-3-5-18-6-4-11/h7-8,11,18H,3-6H2,1-2H3. The molecular formula is C15H18BrFN4. The van der Waals surface area contributed by atoms with Gasteiger partial charge in [-0.1, -0.05) is 0 Å². The average Bonchev–Trinajstić information content (AvgIpc) is 2.77. The van der Waals surface area contributed by atoms with E-state index in [2.05, 4.69) is 26.2 Å². The molecule has 6 heteroatoms. The minimum Gasteiger partial charge on any atom is -0.317 e. The second kappa shape index (κ2) is 5.85. The number of hydrogen-bond donors (Lipinski definition) is 1. The van der Waals surface area contributed by atoms with Crippen LogP contribution in [-0.4, -0.2) is 27.9 Å². The third-order valence-electron chi connectivity index (χ3n) is 4.01. The van der Waals surface area contributed by atoms with Gasteiger partial charge in [0.25, 0.3) is 0 Å². The highest BCUT2D eigenvalue weighted by Crippen LogP contribution is 2.33. The van der Waals surface area contributed by atoms with Crippen molar-refractivity contribution >= 4 is 15.9 Å². The lowest BCUT2D eigenvalue weighted by Crippen LogP contribution is -2.27. The number of piperidine rings is 1. The molecule has 0 atom stereocenters. The zero-order valence-electron chi connectivity index (χ0n) is 12.2. The first-order valence-corrected chi connectivity index (χ1v) is 7.95. The molecule has 0 amide bonds. The molecule has 2 aromatic heterocycles. The fourth-order valence-electron chi connectivity index (χ4n) is 2.82. The first-order chi connectivity index (χ1) is 10.1. The Morgan fingerprint density at radius 2 is 2.05 bits per heavy atom. The topological polar surface area (TPSA) is 42.7 Å². The smallest absolute Gasteiger partial charge is 0.156 e. The van der Waals surface area contributed by atoms with Gasteiger partial charge < -0.3 is 5.32 Å². The molecule has 1 fully saturated rings. The maximum Gasteiger partial charge on any atom is 0.156 e.